The quantitative estimate of drug-likeness (QED) is 0.236. The molecule has 1 aromatic heterocycles. The van der Waals surface area contributed by atoms with Crippen LogP contribution >= 0.6 is 24.0 Å². The fraction of sp³-hybridized carbons (Fsp3) is 0.737. The lowest BCUT2D eigenvalue weighted by Gasteiger charge is -2.30. The molecule has 3 unspecified atom stereocenters. The lowest BCUT2D eigenvalue weighted by atomic mass is 9.95. The second-order valence-electron chi connectivity index (χ2n) is 6.64. The van der Waals surface area contributed by atoms with Crippen molar-refractivity contribution in [2.45, 2.75) is 70.1 Å². The fourth-order valence-corrected chi connectivity index (χ4v) is 4.55. The molecule has 1 fully saturated rings. The molecule has 1 aliphatic rings. The Balaban J connectivity index is 0.00000338. The molecule has 1 aromatic rings. The maximum Gasteiger partial charge on any atom is 0.191 e. The van der Waals surface area contributed by atoms with Crippen LogP contribution in [0.15, 0.2) is 27.8 Å². The van der Waals surface area contributed by atoms with Crippen molar-refractivity contribution in [3.8, 4) is 0 Å². The van der Waals surface area contributed by atoms with E-state index in [0.717, 1.165) is 75.5 Å². The topological polar surface area (TPSA) is 66.6 Å². The number of hydrogen-bond donors (Lipinski definition) is 2. The second kappa shape index (κ2) is 13.6. The molecule has 5 nitrogen and oxygen atoms in total. The standard InChI is InChI=1S/C19H33N3O2S.HI/c1-3-5-12-20-19(21-13-11-17-9-7-14-24-17)22-16-8-6-10-18(15-16)25(23)4-2;/h7,9,14,16,18H,3-6,8,10-13,15H2,1-2H3,(H2,20,21,22);1H. The van der Waals surface area contributed by atoms with Crippen LogP contribution in [0.4, 0.5) is 0 Å². The Bertz CT molecular complexity index is 537. The summed E-state index contributed by atoms with van der Waals surface area (Å²) in [5.41, 5.74) is 0. The van der Waals surface area contributed by atoms with Crippen LogP contribution in [0.5, 0.6) is 0 Å². The van der Waals surface area contributed by atoms with Crippen LogP contribution in [-0.2, 0) is 17.2 Å². The zero-order chi connectivity index (χ0) is 17.9. The van der Waals surface area contributed by atoms with Gasteiger partial charge in [0.05, 0.1) is 6.26 Å². The molecule has 2 rings (SSSR count). The van der Waals surface area contributed by atoms with E-state index >= 15 is 0 Å². The van der Waals surface area contributed by atoms with Gasteiger partial charge in [-0.25, -0.2) is 0 Å². The van der Waals surface area contributed by atoms with Gasteiger partial charge in [-0.3, -0.25) is 9.20 Å². The Morgan fingerprint density at radius 3 is 2.92 bits per heavy atom. The molecule has 0 aromatic carbocycles. The first-order valence-corrected chi connectivity index (χ1v) is 11.1. The van der Waals surface area contributed by atoms with Crippen molar-refractivity contribution in [2.24, 2.45) is 4.99 Å². The molecule has 150 valence electrons. The van der Waals surface area contributed by atoms with Crippen LogP contribution in [0.3, 0.4) is 0 Å². The number of furan rings is 1. The lowest BCUT2D eigenvalue weighted by molar-refractivity contribution is 0.413. The Morgan fingerprint density at radius 1 is 1.38 bits per heavy atom. The SMILES string of the molecule is CCCCN=C(NCCc1ccco1)NC1CCCC(S(=O)CC)C1.I. The van der Waals surface area contributed by atoms with Crippen molar-refractivity contribution in [2.75, 3.05) is 18.8 Å². The third-order valence-electron chi connectivity index (χ3n) is 4.65. The van der Waals surface area contributed by atoms with Crippen LogP contribution in [0.2, 0.25) is 0 Å². The maximum atomic E-state index is 12.1. The van der Waals surface area contributed by atoms with Crippen molar-refractivity contribution in [1.29, 1.82) is 0 Å². The van der Waals surface area contributed by atoms with Gasteiger partial charge in [-0.05, 0) is 37.8 Å². The third kappa shape index (κ3) is 8.41. The van der Waals surface area contributed by atoms with Crippen molar-refractivity contribution < 1.29 is 8.63 Å². The average molecular weight is 495 g/mol. The first kappa shape index (κ1) is 23.5. The highest BCUT2D eigenvalue weighted by Gasteiger charge is 2.26. The molecule has 0 aliphatic heterocycles. The third-order valence-corrected chi connectivity index (χ3v) is 6.39. The summed E-state index contributed by atoms with van der Waals surface area (Å²) < 4.78 is 17.5. The molecule has 0 radical (unpaired) electrons. The van der Waals surface area contributed by atoms with Gasteiger partial charge in [0.1, 0.15) is 5.76 Å². The maximum absolute atomic E-state index is 12.1. The van der Waals surface area contributed by atoms with E-state index in [1.165, 1.54) is 0 Å². The number of aliphatic imine (C=N–C) groups is 1. The summed E-state index contributed by atoms with van der Waals surface area (Å²) in [7, 11) is -0.694. The number of unbranched alkanes of at least 4 members (excludes halogenated alkanes) is 1. The first-order chi connectivity index (χ1) is 12.2. The molecule has 0 saturated heterocycles. The average Bonchev–Trinajstić information content (AvgIpc) is 3.14. The van der Waals surface area contributed by atoms with Crippen molar-refractivity contribution in [1.82, 2.24) is 10.6 Å². The lowest BCUT2D eigenvalue weighted by Crippen LogP contribution is -2.47. The van der Waals surface area contributed by atoms with Crippen molar-refractivity contribution in [3.05, 3.63) is 24.2 Å². The Kier molecular flexibility index (Phi) is 12.3. The monoisotopic (exact) mass is 495 g/mol. The van der Waals surface area contributed by atoms with E-state index in [1.807, 2.05) is 19.1 Å². The number of nitrogens with zero attached hydrogens (tertiary/aromatic N) is 1. The summed E-state index contributed by atoms with van der Waals surface area (Å²) in [6.07, 6.45) is 9.13. The van der Waals surface area contributed by atoms with E-state index in [4.69, 9.17) is 9.41 Å². The Labute approximate surface area is 177 Å². The number of nitrogens with one attached hydrogen (secondary N) is 2. The van der Waals surface area contributed by atoms with Crippen LogP contribution < -0.4 is 10.6 Å². The second-order valence-corrected chi connectivity index (χ2v) is 8.64. The summed E-state index contributed by atoms with van der Waals surface area (Å²) in [5, 5.41) is 7.33. The van der Waals surface area contributed by atoms with E-state index in [1.54, 1.807) is 6.26 Å². The van der Waals surface area contributed by atoms with E-state index in [2.05, 4.69) is 17.6 Å². The molecule has 0 amide bonds. The molecule has 2 N–H and O–H groups in total. The Hall–Kier alpha value is -0.570. The summed E-state index contributed by atoms with van der Waals surface area (Å²) in [5.74, 6) is 2.63. The largest absolute Gasteiger partial charge is 0.469 e. The van der Waals surface area contributed by atoms with E-state index in [9.17, 15) is 4.21 Å². The first-order valence-electron chi connectivity index (χ1n) is 9.67. The van der Waals surface area contributed by atoms with Gasteiger partial charge in [0.15, 0.2) is 5.96 Å². The van der Waals surface area contributed by atoms with Crippen LogP contribution in [0, 0.1) is 0 Å². The molecule has 7 heteroatoms. The summed E-state index contributed by atoms with van der Waals surface area (Å²) in [4.78, 5) is 4.70. The van der Waals surface area contributed by atoms with Gasteiger partial charge < -0.3 is 15.1 Å². The summed E-state index contributed by atoms with van der Waals surface area (Å²) in [6, 6.07) is 4.28. The van der Waals surface area contributed by atoms with Gasteiger partial charge in [0.25, 0.3) is 0 Å². The number of halogens is 1. The fourth-order valence-electron chi connectivity index (χ4n) is 3.20. The smallest absolute Gasteiger partial charge is 0.191 e. The van der Waals surface area contributed by atoms with Crippen LogP contribution in [0.1, 0.15) is 58.1 Å². The number of guanidine groups is 1. The normalized spacial score (nSPS) is 21.7. The molecule has 0 spiro atoms. The van der Waals surface area contributed by atoms with Gasteiger partial charge in [0, 0.05) is 47.4 Å². The molecule has 1 saturated carbocycles. The zero-order valence-electron chi connectivity index (χ0n) is 16.0. The molecular weight excluding hydrogens is 461 g/mol. The molecule has 1 aliphatic carbocycles. The number of rotatable bonds is 9. The zero-order valence-corrected chi connectivity index (χ0v) is 19.2. The van der Waals surface area contributed by atoms with Gasteiger partial charge in [-0.2, -0.15) is 0 Å². The number of hydrogen-bond acceptors (Lipinski definition) is 3. The van der Waals surface area contributed by atoms with Crippen LogP contribution in [-0.4, -0.2) is 40.3 Å². The predicted molar refractivity (Wildman–Crippen MR) is 121 cm³/mol. The van der Waals surface area contributed by atoms with Gasteiger partial charge >= 0.3 is 0 Å². The van der Waals surface area contributed by atoms with Crippen LogP contribution in [0.25, 0.3) is 0 Å². The minimum absolute atomic E-state index is 0. The van der Waals surface area contributed by atoms with E-state index in [0.29, 0.717) is 11.3 Å². The highest BCUT2D eigenvalue weighted by atomic mass is 127. The Morgan fingerprint density at radius 2 is 2.23 bits per heavy atom. The molecule has 26 heavy (non-hydrogen) atoms. The minimum Gasteiger partial charge on any atom is -0.469 e. The van der Waals surface area contributed by atoms with Crippen molar-refractivity contribution in [3.63, 3.8) is 0 Å². The summed E-state index contributed by atoms with van der Waals surface area (Å²) >= 11 is 0. The van der Waals surface area contributed by atoms with E-state index in [-0.39, 0.29) is 24.0 Å². The minimum atomic E-state index is -0.694. The molecule has 3 atom stereocenters. The van der Waals surface area contributed by atoms with Gasteiger partial charge in [-0.1, -0.05) is 26.7 Å². The van der Waals surface area contributed by atoms with Gasteiger partial charge in [-0.15, -0.1) is 24.0 Å². The molecule has 0 bridgehead atoms. The predicted octanol–water partition coefficient (Wildman–Crippen LogP) is 3.86. The molecule has 1 heterocycles. The highest BCUT2D eigenvalue weighted by molar-refractivity contribution is 14.0. The van der Waals surface area contributed by atoms with Crippen molar-refractivity contribution >= 4 is 40.7 Å². The van der Waals surface area contributed by atoms with E-state index < -0.39 is 10.8 Å². The highest BCUT2D eigenvalue weighted by Crippen LogP contribution is 2.23. The molecular formula is C19H34IN3O2S. The summed E-state index contributed by atoms with van der Waals surface area (Å²) in [6.45, 7) is 5.83. The van der Waals surface area contributed by atoms with Gasteiger partial charge in [0.2, 0.25) is 0 Å².